The first-order valence-corrected chi connectivity index (χ1v) is 9.05. The van der Waals surface area contributed by atoms with Crippen LogP contribution in [0.25, 0.3) is 0 Å². The van der Waals surface area contributed by atoms with Crippen LogP contribution in [0.15, 0.2) is 23.3 Å². The zero-order valence-corrected chi connectivity index (χ0v) is 15.5. The van der Waals surface area contributed by atoms with E-state index in [4.69, 9.17) is 0 Å². The van der Waals surface area contributed by atoms with Crippen LogP contribution < -0.4 is 5.32 Å². The summed E-state index contributed by atoms with van der Waals surface area (Å²) in [5.74, 6) is 1.45. The summed E-state index contributed by atoms with van der Waals surface area (Å²) in [5, 5.41) is 3.29. The molecule has 0 aliphatic heterocycles. The number of aromatic nitrogens is 1. The third kappa shape index (κ3) is 5.83. The molecule has 0 aromatic carbocycles. The molecule has 0 spiro atoms. The molecule has 5 nitrogen and oxygen atoms in total. The van der Waals surface area contributed by atoms with Gasteiger partial charge < -0.3 is 14.8 Å². The lowest BCUT2D eigenvalue weighted by atomic mass is 10.3. The molecule has 1 unspecified atom stereocenters. The van der Waals surface area contributed by atoms with Gasteiger partial charge in [0.2, 0.25) is 0 Å². The van der Waals surface area contributed by atoms with Gasteiger partial charge >= 0.3 is 0 Å². The Hall–Kier alpha value is -1.30. The lowest BCUT2D eigenvalue weighted by molar-refractivity contribution is 0.462. The SMILES string of the molecule is CCNC(=NCCS(=O)C(C)(C)C)N(C)Cc1cccn1C. The van der Waals surface area contributed by atoms with E-state index in [-0.39, 0.29) is 4.75 Å². The molecule has 0 fully saturated rings. The molecule has 0 saturated heterocycles. The molecule has 126 valence electrons. The Morgan fingerprint density at radius 1 is 1.45 bits per heavy atom. The molecule has 1 heterocycles. The molecule has 0 aliphatic carbocycles. The molecule has 1 aromatic rings. The van der Waals surface area contributed by atoms with Crippen LogP contribution in [0.4, 0.5) is 0 Å². The summed E-state index contributed by atoms with van der Waals surface area (Å²) in [6.07, 6.45) is 2.04. The first-order chi connectivity index (χ1) is 10.3. The minimum Gasteiger partial charge on any atom is -0.357 e. The van der Waals surface area contributed by atoms with Crippen molar-refractivity contribution in [2.75, 3.05) is 25.9 Å². The zero-order chi connectivity index (χ0) is 16.8. The first kappa shape index (κ1) is 18.7. The molecule has 1 N–H and O–H groups in total. The van der Waals surface area contributed by atoms with E-state index in [0.717, 1.165) is 19.0 Å². The number of nitrogens with zero attached hydrogens (tertiary/aromatic N) is 3. The second kappa shape index (κ2) is 8.36. The van der Waals surface area contributed by atoms with E-state index in [1.54, 1.807) is 0 Å². The summed E-state index contributed by atoms with van der Waals surface area (Å²) in [6, 6.07) is 4.15. The van der Waals surface area contributed by atoms with E-state index in [0.29, 0.717) is 12.3 Å². The number of aliphatic imine (C=N–C) groups is 1. The van der Waals surface area contributed by atoms with Gasteiger partial charge in [0.05, 0.1) is 13.1 Å². The Labute approximate surface area is 137 Å². The fourth-order valence-electron chi connectivity index (χ4n) is 1.99. The van der Waals surface area contributed by atoms with E-state index in [2.05, 4.69) is 32.8 Å². The Balaban J connectivity index is 2.65. The van der Waals surface area contributed by atoms with Crippen LogP contribution in [0, 0.1) is 0 Å². The van der Waals surface area contributed by atoms with Gasteiger partial charge in [-0.1, -0.05) is 0 Å². The number of hydrogen-bond acceptors (Lipinski definition) is 2. The van der Waals surface area contributed by atoms with Gasteiger partial charge in [0.25, 0.3) is 0 Å². The van der Waals surface area contributed by atoms with E-state index >= 15 is 0 Å². The van der Waals surface area contributed by atoms with Crippen molar-refractivity contribution < 1.29 is 4.21 Å². The molecule has 0 saturated carbocycles. The maximum Gasteiger partial charge on any atom is 0.194 e. The highest BCUT2D eigenvalue weighted by Crippen LogP contribution is 2.11. The van der Waals surface area contributed by atoms with E-state index in [1.165, 1.54) is 5.69 Å². The summed E-state index contributed by atoms with van der Waals surface area (Å²) in [5.41, 5.74) is 1.23. The van der Waals surface area contributed by atoms with E-state index < -0.39 is 10.8 Å². The second-order valence-electron chi connectivity index (χ2n) is 6.36. The van der Waals surface area contributed by atoms with Gasteiger partial charge in [-0.05, 0) is 39.8 Å². The van der Waals surface area contributed by atoms with Crippen molar-refractivity contribution in [1.82, 2.24) is 14.8 Å². The molecule has 1 aromatic heterocycles. The minimum absolute atomic E-state index is 0.178. The van der Waals surface area contributed by atoms with Crippen LogP contribution in [0.1, 0.15) is 33.4 Å². The van der Waals surface area contributed by atoms with Gasteiger partial charge in [0, 0.05) is 53.8 Å². The topological polar surface area (TPSA) is 49.6 Å². The van der Waals surface area contributed by atoms with Gasteiger partial charge in [-0.15, -0.1) is 0 Å². The summed E-state index contributed by atoms with van der Waals surface area (Å²) in [4.78, 5) is 6.70. The highest BCUT2D eigenvalue weighted by Gasteiger charge is 2.18. The molecule has 1 atom stereocenters. The van der Waals surface area contributed by atoms with Gasteiger partial charge in [-0.3, -0.25) is 9.20 Å². The highest BCUT2D eigenvalue weighted by molar-refractivity contribution is 7.86. The molecule has 0 amide bonds. The Bertz CT molecular complexity index is 516. The molecular weight excluding hydrogens is 296 g/mol. The maximum atomic E-state index is 12.1. The predicted octanol–water partition coefficient (Wildman–Crippen LogP) is 1.97. The van der Waals surface area contributed by atoms with Crippen molar-refractivity contribution in [1.29, 1.82) is 0 Å². The number of guanidine groups is 1. The number of nitrogens with one attached hydrogen (secondary N) is 1. The third-order valence-electron chi connectivity index (χ3n) is 3.37. The fraction of sp³-hybridized carbons (Fsp3) is 0.688. The quantitative estimate of drug-likeness (QED) is 0.642. The lowest BCUT2D eigenvalue weighted by Crippen LogP contribution is -2.39. The fourth-order valence-corrected chi connectivity index (χ4v) is 2.86. The van der Waals surface area contributed by atoms with E-state index in [1.807, 2.05) is 47.1 Å². The summed E-state index contributed by atoms with van der Waals surface area (Å²) in [7, 11) is 3.20. The van der Waals surface area contributed by atoms with Crippen LogP contribution >= 0.6 is 0 Å². The van der Waals surface area contributed by atoms with Gasteiger partial charge in [-0.2, -0.15) is 0 Å². The van der Waals surface area contributed by atoms with Gasteiger partial charge in [-0.25, -0.2) is 0 Å². The van der Waals surface area contributed by atoms with Crippen LogP contribution in [-0.4, -0.2) is 50.3 Å². The molecule has 0 radical (unpaired) electrons. The summed E-state index contributed by atoms with van der Waals surface area (Å²) >= 11 is 0. The van der Waals surface area contributed by atoms with Crippen LogP contribution in [0.2, 0.25) is 0 Å². The lowest BCUT2D eigenvalue weighted by Gasteiger charge is -2.23. The zero-order valence-electron chi connectivity index (χ0n) is 14.7. The Morgan fingerprint density at radius 3 is 2.64 bits per heavy atom. The normalized spacial score (nSPS) is 14.0. The van der Waals surface area contributed by atoms with Crippen molar-refractivity contribution in [3.05, 3.63) is 24.0 Å². The average molecular weight is 327 g/mol. The first-order valence-electron chi connectivity index (χ1n) is 7.73. The van der Waals surface area contributed by atoms with Crippen molar-refractivity contribution >= 4 is 16.8 Å². The maximum absolute atomic E-state index is 12.1. The van der Waals surface area contributed by atoms with Crippen molar-refractivity contribution in [2.45, 2.75) is 39.0 Å². The Morgan fingerprint density at radius 2 is 2.14 bits per heavy atom. The van der Waals surface area contributed by atoms with Crippen molar-refractivity contribution in [2.24, 2.45) is 12.0 Å². The Kier molecular flexibility index (Phi) is 7.13. The molecule has 0 aliphatic rings. The predicted molar refractivity (Wildman–Crippen MR) is 95.6 cm³/mol. The van der Waals surface area contributed by atoms with Gasteiger partial charge in [0.1, 0.15) is 0 Å². The minimum atomic E-state index is -0.864. The smallest absolute Gasteiger partial charge is 0.194 e. The number of rotatable bonds is 6. The molecule has 1 rings (SSSR count). The summed E-state index contributed by atoms with van der Waals surface area (Å²) < 4.78 is 14.0. The monoisotopic (exact) mass is 326 g/mol. The highest BCUT2D eigenvalue weighted by atomic mass is 32.2. The van der Waals surface area contributed by atoms with Crippen LogP contribution in [0.5, 0.6) is 0 Å². The van der Waals surface area contributed by atoms with Crippen LogP contribution in [0.3, 0.4) is 0 Å². The number of hydrogen-bond donors (Lipinski definition) is 1. The van der Waals surface area contributed by atoms with Crippen molar-refractivity contribution in [3.8, 4) is 0 Å². The van der Waals surface area contributed by atoms with Gasteiger partial charge in [0.15, 0.2) is 5.96 Å². The molecule has 22 heavy (non-hydrogen) atoms. The summed E-state index contributed by atoms with van der Waals surface area (Å²) in [6.45, 7) is 10.2. The largest absolute Gasteiger partial charge is 0.357 e. The second-order valence-corrected chi connectivity index (χ2v) is 8.69. The van der Waals surface area contributed by atoms with Crippen molar-refractivity contribution in [3.63, 3.8) is 0 Å². The average Bonchev–Trinajstić information content (AvgIpc) is 2.82. The van der Waals surface area contributed by atoms with E-state index in [9.17, 15) is 4.21 Å². The molecular formula is C16H30N4OS. The molecule has 0 bridgehead atoms. The van der Waals surface area contributed by atoms with Crippen LogP contribution in [-0.2, 0) is 24.4 Å². The number of aryl methyl sites for hydroxylation is 1. The standard InChI is InChI=1S/C16H30N4OS/c1-7-17-15(18-10-12-22(21)16(2,3)4)20(6)13-14-9-8-11-19(14)5/h8-9,11H,7,10,12-13H2,1-6H3,(H,17,18). The molecule has 6 heteroatoms. The third-order valence-corrected chi connectivity index (χ3v) is 5.29.